The molecule has 4 fully saturated rings. The smallest absolute Gasteiger partial charge is 0.245 e. The normalized spacial score (nSPS) is 32.4. The third-order valence-electron chi connectivity index (χ3n) is 7.38. The summed E-state index contributed by atoms with van der Waals surface area (Å²) in [5, 5.41) is 0. The van der Waals surface area contributed by atoms with Crippen LogP contribution in [0.5, 0.6) is 0 Å². The van der Waals surface area contributed by atoms with Crippen LogP contribution < -0.4 is 0 Å². The van der Waals surface area contributed by atoms with Crippen LogP contribution in [0.3, 0.4) is 0 Å². The highest BCUT2D eigenvalue weighted by molar-refractivity contribution is 5.89. The minimum atomic E-state index is -0.308. The number of hydrogen-bond donors (Lipinski definition) is 0. The number of likely N-dealkylation sites (tertiary alicyclic amines) is 2. The van der Waals surface area contributed by atoms with E-state index in [0.717, 1.165) is 63.8 Å². The maximum absolute atomic E-state index is 13.6. The molecule has 4 aliphatic heterocycles. The molecule has 0 unspecified atom stereocenters. The van der Waals surface area contributed by atoms with Crippen LogP contribution in [0.4, 0.5) is 4.39 Å². The molecule has 1 aromatic carbocycles. The molecule has 2 bridgehead atoms. The van der Waals surface area contributed by atoms with Gasteiger partial charge >= 0.3 is 0 Å². The summed E-state index contributed by atoms with van der Waals surface area (Å²) in [6, 6.07) is 6.68. The fourth-order valence-corrected chi connectivity index (χ4v) is 6.22. The number of hydrogen-bond acceptors (Lipinski definition) is 3. The number of fused-ring (bicyclic) bond motifs is 4. The second-order valence-electron chi connectivity index (χ2n) is 9.32. The van der Waals surface area contributed by atoms with Crippen molar-refractivity contribution < 1.29 is 14.0 Å². The Labute approximate surface area is 171 Å². The topological polar surface area (TPSA) is 43.9 Å². The summed E-state index contributed by atoms with van der Waals surface area (Å²) >= 11 is 0. The van der Waals surface area contributed by atoms with Gasteiger partial charge in [-0.25, -0.2) is 4.39 Å². The van der Waals surface area contributed by atoms with E-state index in [2.05, 4.69) is 4.90 Å². The number of carbonyl (C=O) groups is 2. The van der Waals surface area contributed by atoms with Crippen molar-refractivity contribution in [3.8, 4) is 0 Å². The van der Waals surface area contributed by atoms with Gasteiger partial charge < -0.3 is 9.80 Å². The van der Waals surface area contributed by atoms with Crippen molar-refractivity contribution in [1.82, 2.24) is 14.7 Å². The molecule has 6 heteroatoms. The van der Waals surface area contributed by atoms with Crippen LogP contribution in [-0.2, 0) is 16.1 Å². The summed E-state index contributed by atoms with van der Waals surface area (Å²) in [7, 11) is 0. The summed E-state index contributed by atoms with van der Waals surface area (Å²) in [4.78, 5) is 32.7. The quantitative estimate of drug-likeness (QED) is 0.785. The molecule has 0 N–H and O–H groups in total. The first-order valence-corrected chi connectivity index (χ1v) is 11.2. The first-order valence-electron chi connectivity index (χ1n) is 11.2. The largest absolute Gasteiger partial charge is 0.341 e. The Morgan fingerprint density at radius 2 is 1.90 bits per heavy atom. The lowest BCUT2D eigenvalue weighted by atomic mass is 9.71. The molecular weight excluding hydrogens is 369 g/mol. The van der Waals surface area contributed by atoms with Gasteiger partial charge in [-0.1, -0.05) is 12.1 Å². The predicted molar refractivity (Wildman–Crippen MR) is 107 cm³/mol. The minimum Gasteiger partial charge on any atom is -0.341 e. The summed E-state index contributed by atoms with van der Waals surface area (Å²) in [6.07, 6.45) is 5.66. The summed E-state index contributed by atoms with van der Waals surface area (Å²) in [5.41, 5.74) is 0.976. The van der Waals surface area contributed by atoms with Gasteiger partial charge in [0, 0.05) is 51.1 Å². The molecule has 5 rings (SSSR count). The van der Waals surface area contributed by atoms with E-state index in [1.165, 1.54) is 6.07 Å². The number of benzene rings is 1. The number of halogens is 1. The van der Waals surface area contributed by atoms with Crippen LogP contribution in [0.15, 0.2) is 24.3 Å². The van der Waals surface area contributed by atoms with E-state index in [-0.39, 0.29) is 35.6 Å². The third-order valence-corrected chi connectivity index (χ3v) is 7.38. The fraction of sp³-hybridized carbons (Fsp3) is 0.652. The Bertz CT molecular complexity index is 794. The number of amides is 2. The van der Waals surface area contributed by atoms with E-state index in [1.807, 2.05) is 15.9 Å². The maximum Gasteiger partial charge on any atom is 0.245 e. The third kappa shape index (κ3) is 3.56. The van der Waals surface area contributed by atoms with Crippen LogP contribution in [0.2, 0.25) is 0 Å². The lowest BCUT2D eigenvalue weighted by molar-refractivity contribution is -0.165. The average Bonchev–Trinajstić information content (AvgIpc) is 3.23. The SMILES string of the molecule is O=C([C@H]1[C@@H]2C[C@@H](CN(Cc3cccc(F)c3)C2)[C@@H]2CCCC(=O)N21)N1CCCC1. The van der Waals surface area contributed by atoms with Crippen LogP contribution in [-0.4, -0.2) is 64.8 Å². The van der Waals surface area contributed by atoms with Crippen molar-refractivity contribution in [3.63, 3.8) is 0 Å². The Morgan fingerprint density at radius 1 is 1.10 bits per heavy atom. The number of carbonyl (C=O) groups excluding carboxylic acids is 2. The Kier molecular flexibility index (Phi) is 5.06. The van der Waals surface area contributed by atoms with Gasteiger partial charge in [0.2, 0.25) is 11.8 Å². The monoisotopic (exact) mass is 399 g/mol. The number of nitrogens with zero attached hydrogens (tertiary/aromatic N) is 3. The lowest BCUT2D eigenvalue weighted by Crippen LogP contribution is -2.68. The van der Waals surface area contributed by atoms with E-state index in [0.29, 0.717) is 18.9 Å². The summed E-state index contributed by atoms with van der Waals surface area (Å²) < 4.78 is 13.6. The Morgan fingerprint density at radius 3 is 2.69 bits per heavy atom. The second-order valence-corrected chi connectivity index (χ2v) is 9.32. The molecular formula is C23H30FN3O2. The van der Waals surface area contributed by atoms with E-state index in [4.69, 9.17) is 0 Å². The van der Waals surface area contributed by atoms with Gasteiger partial charge in [-0.15, -0.1) is 0 Å². The molecule has 4 heterocycles. The average molecular weight is 400 g/mol. The minimum absolute atomic E-state index is 0.166. The maximum atomic E-state index is 13.6. The first-order chi connectivity index (χ1) is 14.1. The van der Waals surface area contributed by atoms with Gasteiger partial charge in [0.15, 0.2) is 0 Å². The number of piperidine rings is 3. The fourth-order valence-electron chi connectivity index (χ4n) is 6.22. The molecule has 0 aliphatic carbocycles. The van der Waals surface area contributed by atoms with Crippen LogP contribution in [0, 0.1) is 17.7 Å². The molecule has 1 aromatic rings. The Hall–Kier alpha value is -1.95. The molecule has 0 spiro atoms. The molecule has 4 aliphatic rings. The molecule has 5 nitrogen and oxygen atoms in total. The van der Waals surface area contributed by atoms with Crippen molar-refractivity contribution >= 4 is 11.8 Å². The van der Waals surface area contributed by atoms with Crippen LogP contribution in [0.25, 0.3) is 0 Å². The molecule has 29 heavy (non-hydrogen) atoms. The second kappa shape index (κ2) is 7.71. The van der Waals surface area contributed by atoms with E-state index < -0.39 is 0 Å². The van der Waals surface area contributed by atoms with Crippen molar-refractivity contribution in [3.05, 3.63) is 35.6 Å². The van der Waals surface area contributed by atoms with Gasteiger partial charge in [0.05, 0.1) is 0 Å². The molecule has 4 atom stereocenters. The van der Waals surface area contributed by atoms with Gasteiger partial charge in [-0.3, -0.25) is 14.5 Å². The molecule has 0 radical (unpaired) electrons. The van der Waals surface area contributed by atoms with E-state index in [1.54, 1.807) is 12.1 Å². The molecule has 0 aromatic heterocycles. The highest BCUT2D eigenvalue weighted by Crippen LogP contribution is 2.42. The molecule has 0 saturated carbocycles. The number of rotatable bonds is 3. The predicted octanol–water partition coefficient (Wildman–Crippen LogP) is 2.65. The summed E-state index contributed by atoms with van der Waals surface area (Å²) in [5.74, 6) is 0.722. The highest BCUT2D eigenvalue weighted by Gasteiger charge is 2.52. The van der Waals surface area contributed by atoms with Crippen molar-refractivity contribution in [2.24, 2.45) is 11.8 Å². The molecule has 156 valence electrons. The standard InChI is InChI=1S/C23H30FN3O2/c24-19-6-3-5-16(11-19)13-25-14-17-12-18(15-25)22(23(29)26-9-1-2-10-26)27-20(17)7-4-8-21(27)28/h3,5-6,11,17-18,20,22H,1-2,4,7-10,12-15H2/t17-,18+,20-,22+/m0/s1. The lowest BCUT2D eigenvalue weighted by Gasteiger charge is -2.56. The van der Waals surface area contributed by atoms with Crippen molar-refractivity contribution in [1.29, 1.82) is 0 Å². The molecule has 4 saturated heterocycles. The van der Waals surface area contributed by atoms with Crippen molar-refractivity contribution in [2.75, 3.05) is 26.2 Å². The zero-order chi connectivity index (χ0) is 20.0. The van der Waals surface area contributed by atoms with Gasteiger partial charge in [-0.2, -0.15) is 0 Å². The van der Waals surface area contributed by atoms with Gasteiger partial charge in [0.25, 0.3) is 0 Å². The van der Waals surface area contributed by atoms with Gasteiger partial charge in [-0.05, 0) is 55.7 Å². The Balaban J connectivity index is 1.41. The summed E-state index contributed by atoms with van der Waals surface area (Å²) in [6.45, 7) is 4.08. The van der Waals surface area contributed by atoms with Crippen LogP contribution in [0.1, 0.15) is 44.1 Å². The molecule has 2 amide bonds. The zero-order valence-electron chi connectivity index (χ0n) is 16.9. The van der Waals surface area contributed by atoms with E-state index in [9.17, 15) is 14.0 Å². The van der Waals surface area contributed by atoms with Crippen molar-refractivity contribution in [2.45, 2.75) is 57.2 Å². The van der Waals surface area contributed by atoms with E-state index >= 15 is 0 Å². The van der Waals surface area contributed by atoms with Gasteiger partial charge in [0.1, 0.15) is 11.9 Å². The first kappa shape index (κ1) is 19.0. The van der Waals surface area contributed by atoms with Crippen LogP contribution >= 0.6 is 0 Å². The zero-order valence-corrected chi connectivity index (χ0v) is 16.9. The highest BCUT2D eigenvalue weighted by atomic mass is 19.1.